The molecule has 0 bridgehead atoms. The van der Waals surface area contributed by atoms with Crippen molar-refractivity contribution in [3.8, 4) is 0 Å². The highest BCUT2D eigenvalue weighted by Gasteiger charge is 2.29. The number of rotatable bonds is 6. The minimum atomic E-state index is -3.66. The number of nitrogens with one attached hydrogen (secondary N) is 2. The molecular weight excluding hydrogens is 421 g/mol. The van der Waals surface area contributed by atoms with Crippen molar-refractivity contribution >= 4 is 33.6 Å². The fourth-order valence-corrected chi connectivity index (χ4v) is 4.80. The SMILES string of the molecule is CC(=O)Nc1ccc(S(=O)(=O)N2CCC(NC(=O)/C=C/c3ccccc3F)CC2)cc1. The molecule has 1 aliphatic rings. The van der Waals surface area contributed by atoms with Gasteiger partial charge < -0.3 is 10.6 Å². The minimum Gasteiger partial charge on any atom is -0.350 e. The summed E-state index contributed by atoms with van der Waals surface area (Å²) in [4.78, 5) is 23.4. The third kappa shape index (κ3) is 5.99. The van der Waals surface area contributed by atoms with Gasteiger partial charge in [0.05, 0.1) is 4.90 Å². The molecule has 0 radical (unpaired) electrons. The van der Waals surface area contributed by atoms with Gasteiger partial charge in [-0.2, -0.15) is 4.31 Å². The first-order chi connectivity index (χ1) is 14.8. The van der Waals surface area contributed by atoms with Gasteiger partial charge >= 0.3 is 0 Å². The quantitative estimate of drug-likeness (QED) is 0.669. The molecule has 0 aromatic heterocycles. The van der Waals surface area contributed by atoms with Gasteiger partial charge in [0.1, 0.15) is 5.82 Å². The van der Waals surface area contributed by atoms with E-state index < -0.39 is 15.8 Å². The highest BCUT2D eigenvalue weighted by molar-refractivity contribution is 7.89. The first-order valence-electron chi connectivity index (χ1n) is 9.86. The topological polar surface area (TPSA) is 95.6 Å². The van der Waals surface area contributed by atoms with E-state index >= 15 is 0 Å². The summed E-state index contributed by atoms with van der Waals surface area (Å²) in [7, 11) is -3.66. The van der Waals surface area contributed by atoms with E-state index in [1.165, 1.54) is 41.6 Å². The number of nitrogens with zero attached hydrogens (tertiary/aromatic N) is 1. The molecule has 2 aromatic rings. The van der Waals surface area contributed by atoms with Crippen LogP contribution < -0.4 is 10.6 Å². The minimum absolute atomic E-state index is 0.150. The van der Waals surface area contributed by atoms with Crippen LogP contribution in [0, 0.1) is 5.82 Å². The van der Waals surface area contributed by atoms with E-state index in [4.69, 9.17) is 0 Å². The van der Waals surface area contributed by atoms with Crippen LogP contribution in [-0.4, -0.2) is 43.7 Å². The van der Waals surface area contributed by atoms with Crippen LogP contribution in [-0.2, 0) is 19.6 Å². The molecule has 0 aliphatic carbocycles. The van der Waals surface area contributed by atoms with Gasteiger partial charge in [0, 0.05) is 43.4 Å². The van der Waals surface area contributed by atoms with Crippen molar-refractivity contribution in [2.45, 2.75) is 30.7 Å². The van der Waals surface area contributed by atoms with Crippen molar-refractivity contribution in [1.82, 2.24) is 9.62 Å². The zero-order chi connectivity index (χ0) is 22.4. The van der Waals surface area contributed by atoms with E-state index in [1.54, 1.807) is 30.3 Å². The number of piperidine rings is 1. The van der Waals surface area contributed by atoms with Crippen LogP contribution >= 0.6 is 0 Å². The van der Waals surface area contributed by atoms with Gasteiger partial charge in [-0.1, -0.05) is 18.2 Å². The molecule has 9 heteroatoms. The fourth-order valence-electron chi connectivity index (χ4n) is 3.33. The zero-order valence-corrected chi connectivity index (χ0v) is 17.9. The summed E-state index contributed by atoms with van der Waals surface area (Å²) in [6.45, 7) is 1.93. The third-order valence-corrected chi connectivity index (χ3v) is 6.85. The molecule has 2 aromatic carbocycles. The summed E-state index contributed by atoms with van der Waals surface area (Å²) >= 11 is 0. The number of sulfonamides is 1. The van der Waals surface area contributed by atoms with Crippen LogP contribution in [0.4, 0.5) is 10.1 Å². The van der Waals surface area contributed by atoms with E-state index in [1.807, 2.05) is 0 Å². The maximum Gasteiger partial charge on any atom is 0.244 e. The highest BCUT2D eigenvalue weighted by atomic mass is 32.2. The smallest absolute Gasteiger partial charge is 0.244 e. The van der Waals surface area contributed by atoms with Gasteiger partial charge in [0.15, 0.2) is 0 Å². The molecule has 0 atom stereocenters. The number of hydrogen-bond donors (Lipinski definition) is 2. The average Bonchev–Trinajstić information content (AvgIpc) is 2.73. The van der Waals surface area contributed by atoms with Gasteiger partial charge in [-0.05, 0) is 49.2 Å². The van der Waals surface area contributed by atoms with Crippen molar-refractivity contribution in [3.05, 3.63) is 66.0 Å². The second-order valence-electron chi connectivity index (χ2n) is 7.25. The molecule has 1 aliphatic heterocycles. The van der Waals surface area contributed by atoms with E-state index in [0.29, 0.717) is 24.1 Å². The Kier molecular flexibility index (Phi) is 7.19. The second-order valence-corrected chi connectivity index (χ2v) is 9.19. The third-order valence-electron chi connectivity index (χ3n) is 4.93. The number of carbonyl (C=O) groups excluding carboxylic acids is 2. The maximum absolute atomic E-state index is 13.6. The lowest BCUT2D eigenvalue weighted by Crippen LogP contribution is -2.46. The first kappa shape index (κ1) is 22.6. The van der Waals surface area contributed by atoms with Gasteiger partial charge in [0.2, 0.25) is 21.8 Å². The van der Waals surface area contributed by atoms with Crippen LogP contribution in [0.25, 0.3) is 6.08 Å². The van der Waals surface area contributed by atoms with Gasteiger partial charge in [-0.3, -0.25) is 9.59 Å². The van der Waals surface area contributed by atoms with Crippen molar-refractivity contribution in [2.75, 3.05) is 18.4 Å². The molecule has 1 fully saturated rings. The summed E-state index contributed by atoms with van der Waals surface area (Å²) in [5.41, 5.74) is 0.847. The Morgan fingerprint density at radius 2 is 1.71 bits per heavy atom. The zero-order valence-electron chi connectivity index (χ0n) is 17.0. The summed E-state index contributed by atoms with van der Waals surface area (Å²) in [5, 5.41) is 5.43. The Hall–Kier alpha value is -3.04. The van der Waals surface area contributed by atoms with Crippen LogP contribution in [0.2, 0.25) is 0 Å². The standard InChI is InChI=1S/C22H24FN3O4S/c1-16(27)24-18-7-9-20(10-8-18)31(29,30)26-14-12-19(13-15-26)25-22(28)11-6-17-4-2-3-5-21(17)23/h2-11,19H,12-15H2,1H3,(H,24,27)(H,25,28)/b11-6+. The monoisotopic (exact) mass is 445 g/mol. The second kappa shape index (κ2) is 9.84. The summed E-state index contributed by atoms with van der Waals surface area (Å²) in [6, 6.07) is 12.0. The predicted molar refractivity (Wildman–Crippen MR) is 116 cm³/mol. The highest BCUT2D eigenvalue weighted by Crippen LogP contribution is 2.22. The van der Waals surface area contributed by atoms with E-state index in [9.17, 15) is 22.4 Å². The predicted octanol–water partition coefficient (Wildman–Crippen LogP) is 2.77. The van der Waals surface area contributed by atoms with Crippen molar-refractivity contribution in [2.24, 2.45) is 0 Å². The largest absolute Gasteiger partial charge is 0.350 e. The molecule has 1 heterocycles. The van der Waals surface area contributed by atoms with E-state index in [-0.39, 0.29) is 35.8 Å². The van der Waals surface area contributed by atoms with Crippen molar-refractivity contribution in [1.29, 1.82) is 0 Å². The molecule has 2 amide bonds. The van der Waals surface area contributed by atoms with Crippen LogP contribution in [0.1, 0.15) is 25.3 Å². The Bertz CT molecular complexity index is 1080. The van der Waals surface area contributed by atoms with Crippen molar-refractivity contribution in [3.63, 3.8) is 0 Å². The molecule has 3 rings (SSSR count). The average molecular weight is 446 g/mol. The number of anilines is 1. The molecule has 1 saturated heterocycles. The molecule has 164 valence electrons. The lowest BCUT2D eigenvalue weighted by molar-refractivity contribution is -0.117. The number of benzene rings is 2. The molecule has 0 unspecified atom stereocenters. The Morgan fingerprint density at radius 3 is 2.32 bits per heavy atom. The molecule has 0 spiro atoms. The molecule has 7 nitrogen and oxygen atoms in total. The lowest BCUT2D eigenvalue weighted by Gasteiger charge is -2.31. The summed E-state index contributed by atoms with van der Waals surface area (Å²) < 4.78 is 40.7. The number of carbonyl (C=O) groups is 2. The lowest BCUT2D eigenvalue weighted by atomic mass is 10.1. The van der Waals surface area contributed by atoms with Crippen LogP contribution in [0.3, 0.4) is 0 Å². The fraction of sp³-hybridized carbons (Fsp3) is 0.273. The summed E-state index contributed by atoms with van der Waals surface area (Å²) in [5.74, 6) is -0.989. The van der Waals surface area contributed by atoms with Gasteiger partial charge in [-0.15, -0.1) is 0 Å². The number of amides is 2. The molecule has 0 saturated carbocycles. The van der Waals surface area contributed by atoms with Gasteiger partial charge in [0.25, 0.3) is 0 Å². The number of halogens is 1. The first-order valence-corrected chi connectivity index (χ1v) is 11.3. The normalized spacial score (nSPS) is 15.7. The molecular formula is C22H24FN3O4S. The molecule has 31 heavy (non-hydrogen) atoms. The summed E-state index contributed by atoms with van der Waals surface area (Å²) in [6.07, 6.45) is 3.64. The molecule has 2 N–H and O–H groups in total. The van der Waals surface area contributed by atoms with Crippen LogP contribution in [0.5, 0.6) is 0 Å². The van der Waals surface area contributed by atoms with Crippen LogP contribution in [0.15, 0.2) is 59.5 Å². The van der Waals surface area contributed by atoms with Gasteiger partial charge in [-0.25, -0.2) is 12.8 Å². The number of hydrogen-bond acceptors (Lipinski definition) is 4. The Morgan fingerprint density at radius 1 is 1.06 bits per heavy atom. The maximum atomic E-state index is 13.6. The Labute approximate surface area is 181 Å². The Balaban J connectivity index is 1.54. The van der Waals surface area contributed by atoms with E-state index in [0.717, 1.165) is 0 Å². The van der Waals surface area contributed by atoms with E-state index in [2.05, 4.69) is 10.6 Å². The van der Waals surface area contributed by atoms with Crippen molar-refractivity contribution < 1.29 is 22.4 Å².